The minimum atomic E-state index is -0.150. The fourth-order valence-corrected chi connectivity index (χ4v) is 2.98. The van der Waals surface area contributed by atoms with Crippen LogP contribution in [-0.2, 0) is 17.8 Å². The van der Waals surface area contributed by atoms with Gasteiger partial charge >= 0.3 is 0 Å². The summed E-state index contributed by atoms with van der Waals surface area (Å²) in [4.78, 5) is 16.3. The highest BCUT2D eigenvalue weighted by Gasteiger charge is 2.22. The third kappa shape index (κ3) is 3.12. The van der Waals surface area contributed by atoms with Crippen LogP contribution in [0.4, 0.5) is 0 Å². The van der Waals surface area contributed by atoms with Crippen molar-refractivity contribution in [1.29, 1.82) is 5.26 Å². The Morgan fingerprint density at radius 1 is 1.18 bits per heavy atom. The molecule has 0 saturated carbocycles. The van der Waals surface area contributed by atoms with Gasteiger partial charge < -0.3 is 15.1 Å². The number of fused-ring (bicyclic) bond motifs is 1. The molecule has 5 nitrogen and oxygen atoms in total. The minimum Gasteiger partial charge on any atom is -0.371 e. The monoisotopic (exact) mass is 296 g/mol. The van der Waals surface area contributed by atoms with Crippen LogP contribution in [0.15, 0.2) is 36.0 Å². The molecule has 0 radical (unpaired) electrons. The van der Waals surface area contributed by atoms with Gasteiger partial charge in [-0.25, -0.2) is 0 Å². The fraction of sp³-hybridized carbons (Fsp3) is 0.412. The zero-order valence-corrected chi connectivity index (χ0v) is 12.6. The summed E-state index contributed by atoms with van der Waals surface area (Å²) in [5.41, 5.74) is 2.87. The third-order valence-electron chi connectivity index (χ3n) is 4.23. The lowest BCUT2D eigenvalue weighted by Crippen LogP contribution is -2.47. The predicted molar refractivity (Wildman–Crippen MR) is 83.7 cm³/mol. The van der Waals surface area contributed by atoms with Crippen LogP contribution in [0.2, 0.25) is 0 Å². The Balaban J connectivity index is 1.72. The molecule has 1 aromatic rings. The van der Waals surface area contributed by atoms with Crippen molar-refractivity contribution in [3.63, 3.8) is 0 Å². The lowest BCUT2D eigenvalue weighted by Gasteiger charge is -2.30. The molecule has 3 rings (SSSR count). The van der Waals surface area contributed by atoms with E-state index in [1.807, 2.05) is 6.07 Å². The molecule has 1 saturated heterocycles. The SMILES string of the molecule is N#C/C(=C/N1CCc2ccccc2C1)C(=O)N1CCNCC1. The van der Waals surface area contributed by atoms with Crippen molar-refractivity contribution in [2.75, 3.05) is 32.7 Å². The number of carbonyl (C=O) groups is 1. The molecule has 2 heterocycles. The molecule has 22 heavy (non-hydrogen) atoms. The molecular formula is C17H20N4O. The highest BCUT2D eigenvalue weighted by atomic mass is 16.2. The Hall–Kier alpha value is -2.32. The van der Waals surface area contributed by atoms with Crippen molar-refractivity contribution < 1.29 is 4.79 Å². The number of benzene rings is 1. The highest BCUT2D eigenvalue weighted by molar-refractivity contribution is 5.97. The van der Waals surface area contributed by atoms with Crippen molar-refractivity contribution in [2.24, 2.45) is 0 Å². The van der Waals surface area contributed by atoms with Crippen LogP contribution in [0.3, 0.4) is 0 Å². The number of carbonyl (C=O) groups excluding carboxylic acids is 1. The molecule has 2 aliphatic rings. The van der Waals surface area contributed by atoms with Gasteiger partial charge in [0.15, 0.2) is 0 Å². The summed E-state index contributed by atoms with van der Waals surface area (Å²) >= 11 is 0. The van der Waals surface area contributed by atoms with Crippen molar-refractivity contribution in [1.82, 2.24) is 15.1 Å². The van der Waals surface area contributed by atoms with E-state index in [2.05, 4.69) is 34.5 Å². The van der Waals surface area contributed by atoms with E-state index in [9.17, 15) is 10.1 Å². The molecule has 0 aliphatic carbocycles. The number of nitriles is 1. The van der Waals surface area contributed by atoms with Gasteiger partial charge in [-0.2, -0.15) is 5.26 Å². The Morgan fingerprint density at radius 3 is 2.64 bits per heavy atom. The first-order valence-electron chi connectivity index (χ1n) is 7.70. The Morgan fingerprint density at radius 2 is 1.91 bits per heavy atom. The van der Waals surface area contributed by atoms with Crippen LogP contribution in [0.5, 0.6) is 0 Å². The van der Waals surface area contributed by atoms with E-state index in [0.717, 1.165) is 32.6 Å². The highest BCUT2D eigenvalue weighted by Crippen LogP contribution is 2.19. The van der Waals surface area contributed by atoms with E-state index in [-0.39, 0.29) is 11.5 Å². The molecule has 1 amide bonds. The average Bonchev–Trinajstić information content (AvgIpc) is 2.59. The van der Waals surface area contributed by atoms with Gasteiger partial charge in [0.05, 0.1) is 0 Å². The van der Waals surface area contributed by atoms with Crippen molar-refractivity contribution in [3.05, 3.63) is 47.2 Å². The molecular weight excluding hydrogens is 276 g/mol. The van der Waals surface area contributed by atoms with E-state index >= 15 is 0 Å². The van der Waals surface area contributed by atoms with Gasteiger partial charge in [0.1, 0.15) is 11.6 Å². The minimum absolute atomic E-state index is 0.150. The molecule has 0 aromatic heterocycles. The van der Waals surface area contributed by atoms with Gasteiger partial charge in [0.25, 0.3) is 5.91 Å². The zero-order valence-electron chi connectivity index (χ0n) is 12.6. The summed E-state index contributed by atoms with van der Waals surface area (Å²) in [6, 6.07) is 10.4. The summed E-state index contributed by atoms with van der Waals surface area (Å²) in [5, 5.41) is 12.6. The van der Waals surface area contributed by atoms with Crippen LogP contribution in [-0.4, -0.2) is 48.4 Å². The first kappa shape index (κ1) is 14.6. The number of piperazine rings is 1. The Bertz CT molecular complexity index is 626. The first-order valence-corrected chi connectivity index (χ1v) is 7.70. The molecule has 1 aromatic carbocycles. The van der Waals surface area contributed by atoms with Crippen LogP contribution < -0.4 is 5.32 Å². The van der Waals surface area contributed by atoms with E-state index in [1.54, 1.807) is 11.1 Å². The Labute approximate surface area is 130 Å². The number of nitrogens with one attached hydrogen (secondary N) is 1. The topological polar surface area (TPSA) is 59.4 Å². The van der Waals surface area contributed by atoms with E-state index < -0.39 is 0 Å². The lowest BCUT2D eigenvalue weighted by atomic mass is 10.00. The maximum absolute atomic E-state index is 12.4. The molecule has 114 valence electrons. The second kappa shape index (κ2) is 6.63. The summed E-state index contributed by atoms with van der Waals surface area (Å²) in [5.74, 6) is -0.150. The van der Waals surface area contributed by atoms with Crippen molar-refractivity contribution in [3.8, 4) is 6.07 Å². The fourth-order valence-electron chi connectivity index (χ4n) is 2.98. The maximum Gasteiger partial charge on any atom is 0.266 e. The molecule has 0 unspecified atom stereocenters. The number of amides is 1. The van der Waals surface area contributed by atoms with E-state index in [0.29, 0.717) is 13.1 Å². The summed E-state index contributed by atoms with van der Waals surface area (Å²) in [7, 11) is 0. The quantitative estimate of drug-likeness (QED) is 0.650. The third-order valence-corrected chi connectivity index (χ3v) is 4.23. The van der Waals surface area contributed by atoms with Gasteiger partial charge in [-0.15, -0.1) is 0 Å². The molecule has 0 bridgehead atoms. The summed E-state index contributed by atoms with van der Waals surface area (Å²) in [6.45, 7) is 4.53. The molecule has 1 fully saturated rings. The van der Waals surface area contributed by atoms with Crippen LogP contribution >= 0.6 is 0 Å². The average molecular weight is 296 g/mol. The van der Waals surface area contributed by atoms with Crippen molar-refractivity contribution >= 4 is 5.91 Å². The molecule has 2 aliphatic heterocycles. The lowest BCUT2D eigenvalue weighted by molar-refractivity contribution is -0.127. The van der Waals surface area contributed by atoms with Crippen LogP contribution in [0.1, 0.15) is 11.1 Å². The molecule has 1 N–H and O–H groups in total. The maximum atomic E-state index is 12.4. The molecule has 0 atom stereocenters. The number of rotatable bonds is 2. The smallest absolute Gasteiger partial charge is 0.266 e. The zero-order chi connectivity index (χ0) is 15.4. The number of hydrogen-bond donors (Lipinski definition) is 1. The molecule has 5 heteroatoms. The molecule has 0 spiro atoms. The standard InChI is InChI=1S/C17H20N4O/c18-11-16(17(22)21-9-6-19-7-10-21)13-20-8-5-14-3-1-2-4-15(14)12-20/h1-4,13,19H,5-10,12H2/b16-13-. The second-order valence-electron chi connectivity index (χ2n) is 5.69. The number of hydrogen-bond acceptors (Lipinski definition) is 4. The van der Waals surface area contributed by atoms with Crippen LogP contribution in [0.25, 0.3) is 0 Å². The second-order valence-corrected chi connectivity index (χ2v) is 5.69. The van der Waals surface area contributed by atoms with E-state index in [1.165, 1.54) is 11.1 Å². The van der Waals surface area contributed by atoms with Crippen LogP contribution in [0, 0.1) is 11.3 Å². The van der Waals surface area contributed by atoms with Crippen molar-refractivity contribution in [2.45, 2.75) is 13.0 Å². The normalized spacial score (nSPS) is 18.6. The van der Waals surface area contributed by atoms with Gasteiger partial charge in [-0.1, -0.05) is 24.3 Å². The van der Waals surface area contributed by atoms with Gasteiger partial charge in [0, 0.05) is 45.5 Å². The largest absolute Gasteiger partial charge is 0.371 e. The first-order chi connectivity index (χ1) is 10.8. The summed E-state index contributed by atoms with van der Waals surface area (Å²) < 4.78 is 0. The Kier molecular flexibility index (Phi) is 4.40. The van der Waals surface area contributed by atoms with Gasteiger partial charge in [0.2, 0.25) is 0 Å². The summed E-state index contributed by atoms with van der Waals surface area (Å²) in [6.07, 6.45) is 2.69. The number of nitrogens with zero attached hydrogens (tertiary/aromatic N) is 3. The van der Waals surface area contributed by atoms with Gasteiger partial charge in [-0.05, 0) is 17.5 Å². The predicted octanol–water partition coefficient (Wildman–Crippen LogP) is 0.884. The van der Waals surface area contributed by atoms with Gasteiger partial charge in [-0.3, -0.25) is 4.79 Å². The van der Waals surface area contributed by atoms with E-state index in [4.69, 9.17) is 0 Å².